The molecule has 3 aromatic rings. The predicted octanol–water partition coefficient (Wildman–Crippen LogP) is 0.367. The number of rotatable bonds is 2. The predicted molar refractivity (Wildman–Crippen MR) is 80.3 cm³/mol. The van der Waals surface area contributed by atoms with Gasteiger partial charge in [-0.25, -0.2) is 9.78 Å². The number of pyridine rings is 1. The van der Waals surface area contributed by atoms with Crippen LogP contribution < -0.4 is 16.4 Å². The Bertz CT molecular complexity index is 1030. The molecule has 0 aliphatic heterocycles. The Morgan fingerprint density at radius 2 is 2.14 bits per heavy atom. The number of aromatic carboxylic acids is 1. The van der Waals surface area contributed by atoms with Gasteiger partial charge >= 0.3 is 5.69 Å². The SMILES string of the molecule is Cn1c(=O)[nH]c(=O)c2c(C(=O)[O-])cc(-c3ccc(Cl)s3)nc21. The molecule has 3 rings (SSSR count). The molecule has 0 saturated heterocycles. The van der Waals surface area contributed by atoms with Crippen molar-refractivity contribution >= 4 is 39.9 Å². The Kier molecular flexibility index (Phi) is 3.34. The molecular weight excluding hydrogens is 330 g/mol. The third-order valence-corrected chi connectivity index (χ3v) is 4.37. The van der Waals surface area contributed by atoms with Crippen LogP contribution in [0.1, 0.15) is 10.4 Å². The van der Waals surface area contributed by atoms with Crippen LogP contribution in [0.25, 0.3) is 21.6 Å². The quantitative estimate of drug-likeness (QED) is 0.727. The van der Waals surface area contributed by atoms with Gasteiger partial charge in [-0.15, -0.1) is 11.3 Å². The van der Waals surface area contributed by atoms with Crippen LogP contribution in [0.2, 0.25) is 4.34 Å². The number of carbonyl (C=O) groups is 1. The maximum atomic E-state index is 11.9. The minimum atomic E-state index is -1.53. The Labute approximate surface area is 131 Å². The molecule has 9 heteroatoms. The van der Waals surface area contributed by atoms with Crippen LogP contribution in [0.5, 0.6) is 0 Å². The number of thiophene rings is 1. The van der Waals surface area contributed by atoms with Gasteiger partial charge in [0.25, 0.3) is 5.56 Å². The third-order valence-electron chi connectivity index (χ3n) is 3.12. The van der Waals surface area contributed by atoms with Crippen molar-refractivity contribution in [1.82, 2.24) is 14.5 Å². The minimum Gasteiger partial charge on any atom is -0.545 e. The fourth-order valence-electron chi connectivity index (χ4n) is 2.08. The van der Waals surface area contributed by atoms with E-state index >= 15 is 0 Å². The van der Waals surface area contributed by atoms with E-state index in [1.54, 1.807) is 12.1 Å². The van der Waals surface area contributed by atoms with Gasteiger partial charge in [0.15, 0.2) is 5.65 Å². The lowest BCUT2D eigenvalue weighted by Gasteiger charge is -2.10. The summed E-state index contributed by atoms with van der Waals surface area (Å²) in [5, 5.41) is 11.1. The number of aromatic amines is 1. The number of aromatic nitrogens is 3. The summed E-state index contributed by atoms with van der Waals surface area (Å²) >= 11 is 7.06. The first-order chi connectivity index (χ1) is 10.4. The van der Waals surface area contributed by atoms with E-state index in [9.17, 15) is 19.5 Å². The van der Waals surface area contributed by atoms with Gasteiger partial charge in [-0.2, -0.15) is 0 Å². The van der Waals surface area contributed by atoms with E-state index in [0.29, 0.717) is 14.9 Å². The molecule has 22 heavy (non-hydrogen) atoms. The summed E-state index contributed by atoms with van der Waals surface area (Å²) in [5.41, 5.74) is -1.57. The van der Waals surface area contributed by atoms with Crippen molar-refractivity contribution in [3.8, 4) is 10.6 Å². The van der Waals surface area contributed by atoms with Gasteiger partial charge in [-0.1, -0.05) is 11.6 Å². The topological polar surface area (TPSA) is 108 Å². The zero-order valence-electron chi connectivity index (χ0n) is 11.0. The van der Waals surface area contributed by atoms with Gasteiger partial charge in [-0.3, -0.25) is 14.3 Å². The number of carbonyl (C=O) groups excluding carboxylic acids is 1. The van der Waals surface area contributed by atoms with Crippen molar-refractivity contribution in [3.63, 3.8) is 0 Å². The number of carboxylic acid groups (broad SMARTS) is 1. The summed E-state index contributed by atoms with van der Waals surface area (Å²) in [6.45, 7) is 0. The highest BCUT2D eigenvalue weighted by Gasteiger charge is 2.15. The highest BCUT2D eigenvalue weighted by molar-refractivity contribution is 7.19. The monoisotopic (exact) mass is 336 g/mol. The van der Waals surface area contributed by atoms with E-state index in [4.69, 9.17) is 11.6 Å². The molecule has 0 amide bonds. The zero-order valence-corrected chi connectivity index (χ0v) is 12.6. The number of H-pyrrole nitrogens is 1. The van der Waals surface area contributed by atoms with Crippen LogP contribution in [0.15, 0.2) is 27.8 Å². The molecule has 0 aliphatic rings. The summed E-state index contributed by atoms with van der Waals surface area (Å²) in [7, 11) is 1.39. The van der Waals surface area contributed by atoms with Gasteiger partial charge in [0.2, 0.25) is 0 Å². The van der Waals surface area contributed by atoms with Crippen molar-refractivity contribution in [3.05, 3.63) is 48.9 Å². The van der Waals surface area contributed by atoms with E-state index in [1.807, 2.05) is 4.98 Å². The maximum Gasteiger partial charge on any atom is 0.329 e. The van der Waals surface area contributed by atoms with Crippen molar-refractivity contribution in [2.45, 2.75) is 0 Å². The highest BCUT2D eigenvalue weighted by Crippen LogP contribution is 2.31. The van der Waals surface area contributed by atoms with Gasteiger partial charge < -0.3 is 9.90 Å². The van der Waals surface area contributed by atoms with Gasteiger partial charge in [0.1, 0.15) is 0 Å². The highest BCUT2D eigenvalue weighted by atomic mass is 35.5. The first kappa shape index (κ1) is 14.5. The summed E-state index contributed by atoms with van der Waals surface area (Å²) in [4.78, 5) is 41.8. The van der Waals surface area contributed by atoms with Crippen LogP contribution in [-0.4, -0.2) is 20.5 Å². The van der Waals surface area contributed by atoms with Gasteiger partial charge in [-0.05, 0) is 18.2 Å². The van der Waals surface area contributed by atoms with Crippen LogP contribution in [0.3, 0.4) is 0 Å². The van der Waals surface area contributed by atoms with Gasteiger partial charge in [0, 0.05) is 12.6 Å². The number of hydrogen-bond acceptors (Lipinski definition) is 6. The minimum absolute atomic E-state index is 0.0324. The lowest BCUT2D eigenvalue weighted by molar-refractivity contribution is -0.254. The number of hydrogen-bond donors (Lipinski definition) is 1. The number of nitrogens with one attached hydrogen (secondary N) is 1. The fourth-order valence-corrected chi connectivity index (χ4v) is 3.08. The number of nitrogens with zero attached hydrogens (tertiary/aromatic N) is 2. The molecule has 0 radical (unpaired) electrons. The molecule has 112 valence electrons. The van der Waals surface area contributed by atoms with E-state index < -0.39 is 17.2 Å². The first-order valence-electron chi connectivity index (χ1n) is 5.99. The van der Waals surface area contributed by atoms with Crippen molar-refractivity contribution in [1.29, 1.82) is 0 Å². The van der Waals surface area contributed by atoms with Crippen molar-refractivity contribution in [2.75, 3.05) is 0 Å². The summed E-state index contributed by atoms with van der Waals surface area (Å²) in [5.74, 6) is -1.53. The molecule has 0 fully saturated rings. The van der Waals surface area contributed by atoms with Crippen LogP contribution >= 0.6 is 22.9 Å². The van der Waals surface area contributed by atoms with Crippen molar-refractivity contribution < 1.29 is 9.90 Å². The molecule has 3 heterocycles. The zero-order chi connectivity index (χ0) is 16.0. The smallest absolute Gasteiger partial charge is 0.329 e. The van der Waals surface area contributed by atoms with E-state index in [2.05, 4.69) is 4.98 Å². The van der Waals surface area contributed by atoms with E-state index in [0.717, 1.165) is 4.57 Å². The second-order valence-electron chi connectivity index (χ2n) is 4.46. The molecule has 0 aromatic carbocycles. The molecule has 1 N–H and O–H groups in total. The second kappa shape index (κ2) is 5.08. The maximum absolute atomic E-state index is 11.9. The number of fused-ring (bicyclic) bond motifs is 1. The average Bonchev–Trinajstić information content (AvgIpc) is 2.90. The van der Waals surface area contributed by atoms with Crippen LogP contribution in [0, 0.1) is 0 Å². The largest absolute Gasteiger partial charge is 0.545 e. The molecule has 0 atom stereocenters. The molecule has 0 aliphatic carbocycles. The van der Waals surface area contributed by atoms with E-state index in [1.165, 1.54) is 24.5 Å². The van der Waals surface area contributed by atoms with Crippen LogP contribution in [-0.2, 0) is 7.05 Å². The molecule has 3 aromatic heterocycles. The summed E-state index contributed by atoms with van der Waals surface area (Å²) < 4.78 is 1.58. The second-order valence-corrected chi connectivity index (χ2v) is 6.18. The standard InChI is InChI=1S/C13H8ClN3O4S/c1-17-10-9(11(18)16-13(17)21)5(12(19)20)4-6(15-10)7-2-3-8(14)22-7/h2-4H,1H3,(H,19,20)(H,16,18,21)/p-1. The van der Waals surface area contributed by atoms with Gasteiger partial charge in [0.05, 0.1) is 26.3 Å². The Balaban J connectivity index is 2.49. The van der Waals surface area contributed by atoms with E-state index in [-0.39, 0.29) is 16.6 Å². The third kappa shape index (κ3) is 2.22. The number of aryl methyl sites for hydroxylation is 1. The molecule has 0 saturated carbocycles. The molecular formula is C13H7ClN3O4S-. The number of carboxylic acids is 1. The van der Waals surface area contributed by atoms with Crippen molar-refractivity contribution in [2.24, 2.45) is 7.05 Å². The normalized spacial score (nSPS) is 11.0. The van der Waals surface area contributed by atoms with Crippen LogP contribution in [0.4, 0.5) is 0 Å². The molecule has 0 bridgehead atoms. The molecule has 0 spiro atoms. The average molecular weight is 337 g/mol. The Hall–Kier alpha value is -2.45. The lowest BCUT2D eigenvalue weighted by Crippen LogP contribution is -2.32. The summed E-state index contributed by atoms with van der Waals surface area (Å²) in [6.07, 6.45) is 0. The Morgan fingerprint density at radius 1 is 1.41 bits per heavy atom. The number of halogens is 1. The summed E-state index contributed by atoms with van der Waals surface area (Å²) in [6, 6.07) is 4.55. The Morgan fingerprint density at radius 3 is 2.73 bits per heavy atom. The fraction of sp³-hybridized carbons (Fsp3) is 0.0769. The first-order valence-corrected chi connectivity index (χ1v) is 7.19. The molecule has 7 nitrogen and oxygen atoms in total. The lowest BCUT2D eigenvalue weighted by atomic mass is 10.1. The molecule has 0 unspecified atom stereocenters.